The van der Waals surface area contributed by atoms with Crippen molar-refractivity contribution < 1.29 is 42.9 Å². The number of Topliss-reactive ketones (excluding diaryl/α,β-unsaturated/α-hetero) is 1. The van der Waals surface area contributed by atoms with Gasteiger partial charge in [0.2, 0.25) is 5.41 Å². The molecule has 218 valence electrons. The molecule has 42 heavy (non-hydrogen) atoms. The minimum atomic E-state index is -3.52. The van der Waals surface area contributed by atoms with Crippen LogP contribution >= 0.6 is 6.89 Å². The van der Waals surface area contributed by atoms with Crippen LogP contribution in [0.25, 0.3) is 0 Å². The van der Waals surface area contributed by atoms with Crippen LogP contribution in [0.4, 0.5) is 0 Å². The molecule has 1 aliphatic rings. The third kappa shape index (κ3) is 4.84. The van der Waals surface area contributed by atoms with Crippen molar-refractivity contribution in [2.24, 2.45) is 11.3 Å². The van der Waals surface area contributed by atoms with Gasteiger partial charge in [-0.1, -0.05) is 91.0 Å². The monoisotopic (exact) mass is 590 g/mol. The lowest BCUT2D eigenvalue weighted by atomic mass is 9.70. The number of ether oxygens (including phenoxy) is 4. The Balaban J connectivity index is 2.38. The van der Waals surface area contributed by atoms with E-state index < -0.39 is 53.7 Å². The summed E-state index contributed by atoms with van der Waals surface area (Å²) in [5.74, 6) is -9.77. The van der Waals surface area contributed by atoms with Crippen LogP contribution in [0.2, 0.25) is 0 Å². The highest BCUT2D eigenvalue weighted by atomic mass is 31.2. The van der Waals surface area contributed by atoms with Gasteiger partial charge in [-0.3, -0.25) is 19.2 Å². The van der Waals surface area contributed by atoms with Gasteiger partial charge in [-0.05, 0) is 29.7 Å². The van der Waals surface area contributed by atoms with Crippen LogP contribution in [0, 0.1) is 11.3 Å². The topological polar surface area (TPSA) is 122 Å². The molecule has 3 aromatic rings. The van der Waals surface area contributed by atoms with E-state index in [1.165, 1.54) is 13.8 Å². The second-order valence-corrected chi connectivity index (χ2v) is 13.4. The molecule has 1 heterocycles. The summed E-state index contributed by atoms with van der Waals surface area (Å²) in [4.78, 5) is 69.6. The highest BCUT2D eigenvalue weighted by Gasteiger charge is 2.69. The Labute approximate surface area is 243 Å². The average molecular weight is 591 g/mol. The zero-order valence-electron chi connectivity index (χ0n) is 23.9. The van der Waals surface area contributed by atoms with Gasteiger partial charge in [0.15, 0.2) is 5.78 Å². The van der Waals surface area contributed by atoms with E-state index in [1.807, 2.05) is 0 Å². The molecule has 3 aromatic carbocycles. The standard InChI is InChI=1S/C32H31O9P/c1-21(33)32(29(36)40-31(2,3)41-30(32)37)25(27(34)38-4)26(28(35)39-5)42(22-15-9-6-10-16-22,23-17-11-7-12-18-23)24-19-13-8-14-20-24/h6-20,25H,1-5H3. The Morgan fingerprint density at radius 2 is 1.07 bits per heavy atom. The Morgan fingerprint density at radius 1 is 0.690 bits per heavy atom. The summed E-state index contributed by atoms with van der Waals surface area (Å²) in [7, 11) is 2.16. The smallest absolute Gasteiger partial charge is 0.335 e. The highest BCUT2D eigenvalue weighted by molar-refractivity contribution is 7.96. The van der Waals surface area contributed by atoms with E-state index in [-0.39, 0.29) is 5.29 Å². The summed E-state index contributed by atoms with van der Waals surface area (Å²) in [6, 6.07) is 26.7. The number of cyclic esters (lactones) is 2. The van der Waals surface area contributed by atoms with Gasteiger partial charge < -0.3 is 18.9 Å². The summed E-state index contributed by atoms with van der Waals surface area (Å²) in [5, 5.41) is 1.47. The summed E-state index contributed by atoms with van der Waals surface area (Å²) in [6.07, 6.45) is 0. The minimum absolute atomic E-state index is 0.302. The molecule has 0 radical (unpaired) electrons. The summed E-state index contributed by atoms with van der Waals surface area (Å²) < 4.78 is 21.3. The minimum Gasteiger partial charge on any atom is -0.468 e. The zero-order chi connectivity index (χ0) is 30.7. The van der Waals surface area contributed by atoms with E-state index >= 15 is 0 Å². The fourth-order valence-electron chi connectivity index (χ4n) is 5.42. The van der Waals surface area contributed by atoms with Crippen LogP contribution in [0.5, 0.6) is 0 Å². The van der Waals surface area contributed by atoms with Gasteiger partial charge in [0.25, 0.3) is 5.79 Å². The summed E-state index contributed by atoms with van der Waals surface area (Å²) >= 11 is 0. The number of hydrogen-bond donors (Lipinski definition) is 0. The predicted molar refractivity (Wildman–Crippen MR) is 157 cm³/mol. The predicted octanol–water partition coefficient (Wildman–Crippen LogP) is 2.53. The van der Waals surface area contributed by atoms with Crippen LogP contribution in [-0.2, 0) is 42.9 Å². The third-order valence-electron chi connectivity index (χ3n) is 7.21. The van der Waals surface area contributed by atoms with Crippen molar-refractivity contribution in [1.29, 1.82) is 0 Å². The molecule has 0 spiro atoms. The zero-order valence-corrected chi connectivity index (χ0v) is 24.8. The van der Waals surface area contributed by atoms with Crippen molar-refractivity contribution in [2.75, 3.05) is 14.2 Å². The van der Waals surface area contributed by atoms with Crippen molar-refractivity contribution in [2.45, 2.75) is 26.6 Å². The van der Waals surface area contributed by atoms with Crippen molar-refractivity contribution >= 4 is 57.8 Å². The molecule has 0 aromatic heterocycles. The molecule has 0 bridgehead atoms. The molecule has 1 unspecified atom stereocenters. The number of hydrogen-bond acceptors (Lipinski definition) is 9. The van der Waals surface area contributed by atoms with Crippen LogP contribution < -0.4 is 15.9 Å². The van der Waals surface area contributed by atoms with Gasteiger partial charge in [0.05, 0.1) is 19.5 Å². The number of rotatable bonds is 8. The first kappa shape index (κ1) is 30.5. The SMILES string of the molecule is COC(=O)C(C(C(=O)OC)C1(C(C)=O)C(=O)OC(C)(C)OC1=O)=P(c1ccccc1)(c1ccccc1)c1ccccc1. The second-order valence-electron chi connectivity index (χ2n) is 10.1. The number of benzene rings is 3. The largest absolute Gasteiger partial charge is 0.468 e. The first-order valence-electron chi connectivity index (χ1n) is 13.1. The maximum absolute atomic E-state index is 14.2. The number of ketones is 1. The van der Waals surface area contributed by atoms with E-state index in [0.29, 0.717) is 15.9 Å². The van der Waals surface area contributed by atoms with Gasteiger partial charge in [0, 0.05) is 13.8 Å². The van der Waals surface area contributed by atoms with E-state index in [2.05, 4.69) is 0 Å². The molecular formula is C32H31O9P. The fraction of sp³-hybridized carbons (Fsp3) is 0.250. The maximum Gasteiger partial charge on any atom is 0.335 e. The Hall–Kier alpha value is -4.49. The van der Waals surface area contributed by atoms with Crippen LogP contribution in [0.3, 0.4) is 0 Å². The molecule has 0 N–H and O–H groups in total. The third-order valence-corrected chi connectivity index (χ3v) is 11.6. The van der Waals surface area contributed by atoms with E-state index in [4.69, 9.17) is 18.9 Å². The molecule has 9 nitrogen and oxygen atoms in total. The molecule has 0 amide bonds. The molecule has 0 aliphatic carbocycles. The first-order chi connectivity index (χ1) is 20.0. The summed E-state index contributed by atoms with van der Waals surface area (Å²) in [5.41, 5.74) is -2.91. The van der Waals surface area contributed by atoms with Gasteiger partial charge in [-0.25, -0.2) is 4.79 Å². The Kier molecular flexibility index (Phi) is 8.55. The molecule has 4 rings (SSSR count). The van der Waals surface area contributed by atoms with Crippen molar-refractivity contribution in [3.63, 3.8) is 0 Å². The lowest BCUT2D eigenvalue weighted by Crippen LogP contribution is -2.64. The highest BCUT2D eigenvalue weighted by Crippen LogP contribution is 2.52. The second kappa shape index (κ2) is 11.8. The van der Waals surface area contributed by atoms with E-state index in [1.54, 1.807) is 91.0 Å². The quantitative estimate of drug-likeness (QED) is 0.169. The lowest BCUT2D eigenvalue weighted by Gasteiger charge is -2.43. The van der Waals surface area contributed by atoms with Crippen molar-refractivity contribution in [3.8, 4) is 0 Å². The van der Waals surface area contributed by atoms with Gasteiger partial charge in [0.1, 0.15) is 5.92 Å². The van der Waals surface area contributed by atoms with E-state index in [0.717, 1.165) is 21.1 Å². The number of carbonyl (C=O) groups excluding carboxylic acids is 5. The Bertz CT molecular complexity index is 1450. The van der Waals surface area contributed by atoms with Crippen LogP contribution in [0.1, 0.15) is 20.8 Å². The van der Waals surface area contributed by atoms with Crippen molar-refractivity contribution in [1.82, 2.24) is 0 Å². The lowest BCUT2D eigenvalue weighted by molar-refractivity contribution is -0.251. The van der Waals surface area contributed by atoms with Crippen molar-refractivity contribution in [3.05, 3.63) is 91.0 Å². The normalized spacial score (nSPS) is 16.3. The molecule has 1 aliphatic heterocycles. The van der Waals surface area contributed by atoms with Gasteiger partial charge in [-0.2, -0.15) is 0 Å². The van der Waals surface area contributed by atoms with E-state index in [9.17, 15) is 24.0 Å². The molecule has 0 saturated carbocycles. The van der Waals surface area contributed by atoms with Crippen LogP contribution in [-0.4, -0.2) is 55.0 Å². The number of esters is 4. The Morgan fingerprint density at radius 3 is 1.38 bits per heavy atom. The number of carbonyl (C=O) groups is 5. The average Bonchev–Trinajstić information content (AvgIpc) is 2.98. The molecule has 1 fully saturated rings. The van der Waals surface area contributed by atoms with Gasteiger partial charge >= 0.3 is 23.9 Å². The molecule has 1 atom stereocenters. The van der Waals surface area contributed by atoms with Gasteiger partial charge in [-0.15, -0.1) is 0 Å². The molecule has 1 saturated heterocycles. The first-order valence-corrected chi connectivity index (χ1v) is 14.8. The number of methoxy groups -OCH3 is 2. The fourth-order valence-corrected chi connectivity index (χ4v) is 10.1. The molecular weight excluding hydrogens is 559 g/mol. The van der Waals surface area contributed by atoms with Crippen LogP contribution in [0.15, 0.2) is 91.0 Å². The maximum atomic E-state index is 14.2. The molecule has 10 heteroatoms. The summed E-state index contributed by atoms with van der Waals surface area (Å²) in [6.45, 7) is 0.0909.